The largest absolute Gasteiger partial charge is 0.482 e. The number of pyridine rings is 2. The van der Waals surface area contributed by atoms with Gasteiger partial charge < -0.3 is 19.9 Å². The van der Waals surface area contributed by atoms with Crippen molar-refractivity contribution in [2.24, 2.45) is 17.6 Å². The molecule has 2 N–H and O–H groups in total. The monoisotopic (exact) mass is 613 g/mol. The number of methoxy groups -OCH3 is 1. The molecule has 2 saturated carbocycles. The van der Waals surface area contributed by atoms with Gasteiger partial charge in [0.25, 0.3) is 5.91 Å². The summed E-state index contributed by atoms with van der Waals surface area (Å²) in [6.07, 6.45) is 4.62. The van der Waals surface area contributed by atoms with Gasteiger partial charge in [0.1, 0.15) is 22.8 Å². The molecule has 0 bridgehead atoms. The normalized spacial score (nSPS) is 21.9. The first-order chi connectivity index (χ1) is 20.4. The quantitative estimate of drug-likeness (QED) is 0.301. The number of aryl methyl sites for hydroxylation is 1. The van der Waals surface area contributed by atoms with E-state index in [2.05, 4.69) is 4.98 Å². The van der Waals surface area contributed by atoms with Crippen molar-refractivity contribution in [2.75, 3.05) is 30.8 Å². The molecule has 7 rings (SSSR count). The van der Waals surface area contributed by atoms with Crippen molar-refractivity contribution in [1.82, 2.24) is 23.8 Å². The van der Waals surface area contributed by atoms with Gasteiger partial charge in [-0.15, -0.1) is 0 Å². The molecule has 1 amide bonds. The zero-order valence-corrected chi connectivity index (χ0v) is 24.9. The van der Waals surface area contributed by atoms with Crippen LogP contribution in [0.15, 0.2) is 30.3 Å². The van der Waals surface area contributed by atoms with Gasteiger partial charge in [-0.05, 0) is 68.7 Å². The highest BCUT2D eigenvalue weighted by atomic mass is 32.2. The fraction of sp³-hybridized carbons (Fsp3) is 0.483. The number of carbonyl (C=O) groups is 1. The van der Waals surface area contributed by atoms with E-state index in [1.807, 2.05) is 22.0 Å². The first-order valence-electron chi connectivity index (χ1n) is 14.3. The molecule has 3 aliphatic rings. The number of hydrogen-bond acceptors (Lipinski definition) is 7. The Morgan fingerprint density at radius 3 is 2.63 bits per heavy atom. The predicted octanol–water partition coefficient (Wildman–Crippen LogP) is 3.63. The number of sulfonamides is 1. The Balaban J connectivity index is 1.34. The number of ether oxygens (including phenoxy) is 1. The second-order valence-corrected chi connectivity index (χ2v) is 14.0. The summed E-state index contributed by atoms with van der Waals surface area (Å²) < 4.78 is 61.4. The van der Waals surface area contributed by atoms with E-state index in [-0.39, 0.29) is 21.6 Å². The van der Waals surface area contributed by atoms with Crippen LogP contribution in [-0.4, -0.2) is 76.7 Å². The molecule has 11 nitrogen and oxygen atoms in total. The molecule has 0 radical (unpaired) electrons. The molecular weight excluding hydrogens is 580 g/mol. The van der Waals surface area contributed by atoms with Gasteiger partial charge in [0, 0.05) is 42.2 Å². The van der Waals surface area contributed by atoms with Gasteiger partial charge in [-0.2, -0.15) is 13.1 Å². The van der Waals surface area contributed by atoms with Gasteiger partial charge >= 0.3 is 6.55 Å². The van der Waals surface area contributed by atoms with E-state index in [4.69, 9.17) is 15.5 Å². The van der Waals surface area contributed by atoms with Crippen LogP contribution in [0.3, 0.4) is 0 Å². The maximum atomic E-state index is 13.8. The summed E-state index contributed by atoms with van der Waals surface area (Å²) >= 11 is 0. The predicted molar refractivity (Wildman–Crippen MR) is 157 cm³/mol. The summed E-state index contributed by atoms with van der Waals surface area (Å²) in [7, 11) is -2.73. The first-order valence-corrected chi connectivity index (χ1v) is 16.2. The van der Waals surface area contributed by atoms with Gasteiger partial charge in [-0.3, -0.25) is 9.20 Å². The molecule has 0 unspecified atom stereocenters. The van der Waals surface area contributed by atoms with Crippen LogP contribution >= 0.6 is 0 Å². The van der Waals surface area contributed by atoms with Gasteiger partial charge in [0.15, 0.2) is 5.88 Å². The van der Waals surface area contributed by atoms with Crippen LogP contribution in [0.1, 0.15) is 41.7 Å². The van der Waals surface area contributed by atoms with E-state index >= 15 is 0 Å². The zero-order valence-electron chi connectivity index (χ0n) is 24.1. The Kier molecular flexibility index (Phi) is 6.26. The highest BCUT2D eigenvalue weighted by Crippen LogP contribution is 2.47. The summed E-state index contributed by atoms with van der Waals surface area (Å²) in [5.74, 6) is 0.860. The molecule has 43 heavy (non-hydrogen) atoms. The van der Waals surface area contributed by atoms with Gasteiger partial charge in [0.05, 0.1) is 24.8 Å². The number of fused-ring (bicyclic) bond motifs is 3. The average Bonchev–Trinajstić information content (AvgIpc) is 3.83. The van der Waals surface area contributed by atoms with Crippen molar-refractivity contribution < 1.29 is 26.7 Å². The lowest BCUT2D eigenvalue weighted by molar-refractivity contribution is 0.0702. The van der Waals surface area contributed by atoms with Gasteiger partial charge in [-0.25, -0.2) is 18.4 Å². The Morgan fingerprint density at radius 2 is 1.98 bits per heavy atom. The topological polar surface area (TPSA) is 128 Å². The number of nitrogens with zero attached hydrogens (tertiary/aromatic N) is 6. The smallest absolute Gasteiger partial charge is 0.329 e. The molecule has 0 spiro atoms. The number of amides is 1. The molecule has 4 aromatic heterocycles. The van der Waals surface area contributed by atoms with Crippen LogP contribution in [0.4, 0.5) is 14.6 Å². The molecule has 2 atom stereocenters. The summed E-state index contributed by atoms with van der Waals surface area (Å²) in [5, 5.41) is 0.667. The third-order valence-electron chi connectivity index (χ3n) is 9.04. The zero-order chi connectivity index (χ0) is 30.4. The molecule has 14 heteroatoms. The van der Waals surface area contributed by atoms with Crippen molar-refractivity contribution >= 4 is 38.4 Å². The number of anilines is 1. The number of carbonyl (C=O) groups excluding carboxylic acids is 1. The number of nitrogens with two attached hydrogens (primary N) is 1. The highest BCUT2D eigenvalue weighted by Gasteiger charge is 2.54. The van der Waals surface area contributed by atoms with E-state index in [1.165, 1.54) is 6.07 Å². The molecule has 1 aliphatic heterocycles. The van der Waals surface area contributed by atoms with Crippen molar-refractivity contribution in [3.8, 4) is 17.3 Å². The SMILES string of the molecule is COc1cc(C(=O)N2CC[C@@H]3C[C@]3(N)C2)cc2nc(-c3cc4ccc(N(C(F)F)S(C)(=O)=O)nc4n3CC3CC3)c(C)n12. The van der Waals surface area contributed by atoms with Crippen molar-refractivity contribution in [3.63, 3.8) is 0 Å². The maximum absolute atomic E-state index is 13.8. The Morgan fingerprint density at radius 1 is 1.21 bits per heavy atom. The number of alkyl halides is 2. The van der Waals surface area contributed by atoms with Crippen molar-refractivity contribution in [2.45, 2.75) is 51.2 Å². The summed E-state index contributed by atoms with van der Waals surface area (Å²) in [4.78, 5) is 24.7. The van der Waals surface area contributed by atoms with E-state index in [1.54, 1.807) is 30.2 Å². The van der Waals surface area contributed by atoms with Crippen LogP contribution in [0.25, 0.3) is 28.1 Å². The van der Waals surface area contributed by atoms with Gasteiger partial charge in [-0.1, -0.05) is 0 Å². The first kappa shape index (κ1) is 28.0. The lowest BCUT2D eigenvalue weighted by Crippen LogP contribution is -2.48. The van der Waals surface area contributed by atoms with E-state index in [9.17, 15) is 22.0 Å². The number of piperidine rings is 1. The fourth-order valence-corrected chi connectivity index (χ4v) is 7.20. The highest BCUT2D eigenvalue weighted by molar-refractivity contribution is 7.92. The fourth-order valence-electron chi connectivity index (χ4n) is 6.47. The lowest BCUT2D eigenvalue weighted by atomic mass is 10.1. The molecule has 2 aliphatic carbocycles. The number of hydrogen-bond donors (Lipinski definition) is 1. The Labute approximate surface area is 247 Å². The Bertz CT molecular complexity index is 1900. The van der Waals surface area contributed by atoms with Crippen LogP contribution in [0.5, 0.6) is 5.88 Å². The third kappa shape index (κ3) is 4.71. The van der Waals surface area contributed by atoms with Crippen LogP contribution in [0.2, 0.25) is 0 Å². The second-order valence-electron chi connectivity index (χ2n) is 12.2. The average molecular weight is 614 g/mol. The standard InChI is InChI=1S/C29H33F2N7O4S/c1-16-25(33-23-11-19(12-24(42-2)37(16)23)27(39)35-9-8-20-13-29(20,32)15-35)21-10-18-6-7-22(38(28(30)31)43(3,40)41)34-26(18)36(21)14-17-4-5-17/h6-7,10-12,17,20,28H,4-5,8-9,13-15,32H2,1-3H3/t20-,29+/m1/s1. The van der Waals surface area contributed by atoms with E-state index < -0.39 is 16.6 Å². The summed E-state index contributed by atoms with van der Waals surface area (Å²) in [6.45, 7) is 0.389. The van der Waals surface area contributed by atoms with Gasteiger partial charge in [0.2, 0.25) is 10.0 Å². The van der Waals surface area contributed by atoms with E-state index in [0.29, 0.717) is 71.0 Å². The second kappa shape index (κ2) is 9.61. The minimum Gasteiger partial charge on any atom is -0.482 e. The Hall–Kier alpha value is -3.78. The maximum Gasteiger partial charge on any atom is 0.329 e. The van der Waals surface area contributed by atoms with E-state index in [0.717, 1.165) is 37.6 Å². The summed E-state index contributed by atoms with van der Waals surface area (Å²) in [5.41, 5.74) is 9.62. The lowest BCUT2D eigenvalue weighted by Gasteiger charge is -2.30. The molecule has 4 aromatic rings. The summed E-state index contributed by atoms with van der Waals surface area (Å²) in [6, 6.07) is 8.23. The molecule has 0 aromatic carbocycles. The minimum atomic E-state index is -4.27. The molecule has 5 heterocycles. The number of rotatable bonds is 8. The number of likely N-dealkylation sites (tertiary alicyclic amines) is 1. The molecular formula is C29H33F2N7O4S. The van der Waals surface area contributed by atoms with Crippen LogP contribution in [-0.2, 0) is 16.6 Å². The molecule has 1 saturated heterocycles. The van der Waals surface area contributed by atoms with Crippen molar-refractivity contribution in [1.29, 1.82) is 0 Å². The molecule has 228 valence electrons. The number of halogens is 2. The van der Waals surface area contributed by atoms with Crippen LogP contribution in [0, 0.1) is 18.8 Å². The molecule has 3 fully saturated rings. The van der Waals surface area contributed by atoms with Crippen LogP contribution < -0.4 is 14.8 Å². The minimum absolute atomic E-state index is 0.0261. The number of aromatic nitrogens is 4. The number of imidazole rings is 1. The van der Waals surface area contributed by atoms with Crippen molar-refractivity contribution in [3.05, 3.63) is 41.6 Å². The third-order valence-corrected chi connectivity index (χ3v) is 10.1.